The van der Waals surface area contributed by atoms with Crippen molar-refractivity contribution in [1.82, 2.24) is 4.31 Å². The lowest BCUT2D eigenvalue weighted by molar-refractivity contribution is 0.406. The maximum atomic E-state index is 12.7. The molecule has 0 saturated carbocycles. The highest BCUT2D eigenvalue weighted by Gasteiger charge is 2.23. The summed E-state index contributed by atoms with van der Waals surface area (Å²) in [6, 6.07) is 18.1. The highest BCUT2D eigenvalue weighted by atomic mass is 35.5. The van der Waals surface area contributed by atoms with Crippen molar-refractivity contribution in [3.05, 3.63) is 66.2 Å². The zero-order valence-electron chi connectivity index (χ0n) is 11.7. The Bertz CT molecular complexity index is 644. The van der Waals surface area contributed by atoms with Crippen molar-refractivity contribution in [2.24, 2.45) is 0 Å². The van der Waals surface area contributed by atoms with Crippen LogP contribution in [0.2, 0.25) is 0 Å². The minimum atomic E-state index is -3.50. The third kappa shape index (κ3) is 4.30. The monoisotopic (exact) mass is 323 g/mol. The average Bonchev–Trinajstić information content (AvgIpc) is 2.53. The van der Waals surface area contributed by atoms with Crippen LogP contribution in [0.4, 0.5) is 0 Å². The summed E-state index contributed by atoms with van der Waals surface area (Å²) in [5, 5.41) is 0. The van der Waals surface area contributed by atoms with Crippen LogP contribution in [0.15, 0.2) is 65.6 Å². The highest BCUT2D eigenvalue weighted by molar-refractivity contribution is 7.89. The third-order valence-corrected chi connectivity index (χ3v) is 5.25. The summed E-state index contributed by atoms with van der Waals surface area (Å²) in [4.78, 5) is 0.315. The van der Waals surface area contributed by atoms with Gasteiger partial charge in [-0.25, -0.2) is 8.42 Å². The first kappa shape index (κ1) is 16.0. The van der Waals surface area contributed by atoms with E-state index in [0.29, 0.717) is 30.3 Å². The number of sulfonamides is 1. The first-order valence-corrected chi connectivity index (χ1v) is 8.77. The third-order valence-electron chi connectivity index (χ3n) is 3.12. The molecule has 112 valence electrons. The molecule has 3 nitrogen and oxygen atoms in total. The van der Waals surface area contributed by atoms with Crippen LogP contribution in [0, 0.1) is 0 Å². The Kier molecular flexibility index (Phi) is 5.79. The molecule has 21 heavy (non-hydrogen) atoms. The molecule has 2 rings (SSSR count). The smallest absolute Gasteiger partial charge is 0.207 e. The van der Waals surface area contributed by atoms with Crippen molar-refractivity contribution in [3.63, 3.8) is 0 Å². The molecule has 0 heterocycles. The van der Waals surface area contributed by atoms with Crippen LogP contribution in [0.5, 0.6) is 0 Å². The Morgan fingerprint density at radius 2 is 1.48 bits per heavy atom. The predicted molar refractivity (Wildman–Crippen MR) is 85.8 cm³/mol. The second-order valence-electron chi connectivity index (χ2n) is 4.68. The van der Waals surface area contributed by atoms with Gasteiger partial charge in [0.05, 0.1) is 4.90 Å². The van der Waals surface area contributed by atoms with Gasteiger partial charge in [0.15, 0.2) is 0 Å². The minimum Gasteiger partial charge on any atom is -0.207 e. The van der Waals surface area contributed by atoms with Gasteiger partial charge in [-0.15, -0.1) is 11.6 Å². The highest BCUT2D eigenvalue weighted by Crippen LogP contribution is 2.18. The summed E-state index contributed by atoms with van der Waals surface area (Å²) >= 11 is 5.72. The van der Waals surface area contributed by atoms with Gasteiger partial charge in [-0.1, -0.05) is 48.5 Å². The minimum absolute atomic E-state index is 0.315. The van der Waals surface area contributed by atoms with E-state index in [2.05, 4.69) is 0 Å². The zero-order valence-corrected chi connectivity index (χ0v) is 13.2. The molecule has 5 heteroatoms. The molecule has 0 fully saturated rings. The molecule has 0 aliphatic heterocycles. The number of nitrogens with zero attached hydrogens (tertiary/aromatic N) is 1. The quantitative estimate of drug-likeness (QED) is 0.731. The molecule has 0 radical (unpaired) electrons. The molecule has 0 aliphatic rings. The predicted octanol–water partition coefficient (Wildman–Crippen LogP) is 3.51. The molecule has 0 atom stereocenters. The van der Waals surface area contributed by atoms with Crippen molar-refractivity contribution in [1.29, 1.82) is 0 Å². The number of rotatable bonds is 7. The Balaban J connectivity index is 2.27. The van der Waals surface area contributed by atoms with E-state index in [-0.39, 0.29) is 0 Å². The summed E-state index contributed by atoms with van der Waals surface area (Å²) in [5.74, 6) is 0.440. The largest absolute Gasteiger partial charge is 0.243 e. The topological polar surface area (TPSA) is 37.4 Å². The van der Waals surface area contributed by atoms with E-state index in [9.17, 15) is 8.42 Å². The summed E-state index contributed by atoms with van der Waals surface area (Å²) in [6.07, 6.45) is 0.625. The molecule has 0 unspecified atom stereocenters. The van der Waals surface area contributed by atoms with E-state index in [1.54, 1.807) is 30.3 Å². The normalized spacial score (nSPS) is 11.7. The fraction of sp³-hybridized carbons (Fsp3) is 0.250. The lowest BCUT2D eigenvalue weighted by Crippen LogP contribution is -2.31. The lowest BCUT2D eigenvalue weighted by atomic mass is 10.2. The summed E-state index contributed by atoms with van der Waals surface area (Å²) < 4.78 is 26.9. The van der Waals surface area contributed by atoms with Gasteiger partial charge >= 0.3 is 0 Å². The molecule has 2 aromatic carbocycles. The van der Waals surface area contributed by atoms with Gasteiger partial charge in [0.1, 0.15) is 0 Å². The maximum Gasteiger partial charge on any atom is 0.243 e. The van der Waals surface area contributed by atoms with Crippen LogP contribution in [-0.2, 0) is 16.6 Å². The second kappa shape index (κ2) is 7.59. The summed E-state index contributed by atoms with van der Waals surface area (Å²) in [6.45, 7) is 0.768. The van der Waals surface area contributed by atoms with Crippen LogP contribution in [0.3, 0.4) is 0 Å². The van der Waals surface area contributed by atoms with Gasteiger partial charge in [0, 0.05) is 19.0 Å². The summed E-state index contributed by atoms with van der Waals surface area (Å²) in [5.41, 5.74) is 0.964. The number of hydrogen-bond acceptors (Lipinski definition) is 2. The van der Waals surface area contributed by atoms with Crippen LogP contribution >= 0.6 is 11.6 Å². The van der Waals surface area contributed by atoms with Crippen molar-refractivity contribution in [3.8, 4) is 0 Å². The van der Waals surface area contributed by atoms with E-state index < -0.39 is 10.0 Å². The van der Waals surface area contributed by atoms with E-state index in [0.717, 1.165) is 5.56 Å². The van der Waals surface area contributed by atoms with Crippen molar-refractivity contribution >= 4 is 21.6 Å². The average molecular weight is 324 g/mol. The SMILES string of the molecule is O=S(=O)(c1ccccc1)N(CCCCl)Cc1ccccc1. The van der Waals surface area contributed by atoms with E-state index in [1.165, 1.54) is 4.31 Å². The first-order valence-electron chi connectivity index (χ1n) is 6.79. The Morgan fingerprint density at radius 1 is 0.905 bits per heavy atom. The fourth-order valence-electron chi connectivity index (χ4n) is 2.05. The summed E-state index contributed by atoms with van der Waals surface area (Å²) in [7, 11) is -3.50. The van der Waals surface area contributed by atoms with Gasteiger partial charge in [-0.3, -0.25) is 0 Å². The van der Waals surface area contributed by atoms with Crippen LogP contribution in [0.1, 0.15) is 12.0 Å². The molecule has 0 N–H and O–H groups in total. The van der Waals surface area contributed by atoms with E-state index in [4.69, 9.17) is 11.6 Å². The second-order valence-corrected chi connectivity index (χ2v) is 7.00. The molecule has 2 aromatic rings. The van der Waals surface area contributed by atoms with Crippen molar-refractivity contribution in [2.75, 3.05) is 12.4 Å². The Morgan fingerprint density at radius 3 is 2.05 bits per heavy atom. The van der Waals surface area contributed by atoms with Gasteiger partial charge < -0.3 is 0 Å². The van der Waals surface area contributed by atoms with E-state index >= 15 is 0 Å². The number of hydrogen-bond donors (Lipinski definition) is 0. The van der Waals surface area contributed by atoms with Gasteiger partial charge in [0.2, 0.25) is 10.0 Å². The number of halogens is 1. The zero-order chi connectivity index (χ0) is 15.1. The van der Waals surface area contributed by atoms with Gasteiger partial charge in [0.25, 0.3) is 0 Å². The maximum absolute atomic E-state index is 12.7. The van der Waals surface area contributed by atoms with Crippen molar-refractivity contribution < 1.29 is 8.42 Å². The molecular formula is C16H18ClNO2S. The van der Waals surface area contributed by atoms with Crippen LogP contribution < -0.4 is 0 Å². The van der Waals surface area contributed by atoms with Crippen molar-refractivity contribution in [2.45, 2.75) is 17.9 Å². The van der Waals surface area contributed by atoms with Gasteiger partial charge in [-0.05, 0) is 24.1 Å². The van der Waals surface area contributed by atoms with Crippen LogP contribution in [-0.4, -0.2) is 25.1 Å². The molecule has 0 saturated heterocycles. The molecule has 0 amide bonds. The van der Waals surface area contributed by atoms with Crippen LogP contribution in [0.25, 0.3) is 0 Å². The first-order chi connectivity index (χ1) is 10.1. The lowest BCUT2D eigenvalue weighted by Gasteiger charge is -2.22. The fourth-order valence-corrected chi connectivity index (χ4v) is 3.66. The van der Waals surface area contributed by atoms with Gasteiger partial charge in [-0.2, -0.15) is 4.31 Å². The number of alkyl halides is 1. The molecule has 0 spiro atoms. The Labute approximate surface area is 131 Å². The molecular weight excluding hydrogens is 306 g/mol. The van der Waals surface area contributed by atoms with E-state index in [1.807, 2.05) is 30.3 Å². The standard InChI is InChI=1S/C16H18ClNO2S/c17-12-7-13-18(14-15-8-3-1-4-9-15)21(19,20)16-10-5-2-6-11-16/h1-6,8-11H,7,12-14H2. The molecule has 0 aromatic heterocycles. The Hall–Kier alpha value is -1.36. The molecule has 0 aliphatic carbocycles. The molecule has 0 bridgehead atoms. The number of benzene rings is 2.